The van der Waals surface area contributed by atoms with Gasteiger partial charge < -0.3 is 14.8 Å². The van der Waals surface area contributed by atoms with Gasteiger partial charge in [0.25, 0.3) is 0 Å². The van der Waals surface area contributed by atoms with E-state index in [0.717, 1.165) is 0 Å². The van der Waals surface area contributed by atoms with E-state index in [9.17, 15) is 8.42 Å². The van der Waals surface area contributed by atoms with E-state index in [2.05, 4.69) is 5.32 Å². The number of sulfonamides is 1. The second-order valence-electron chi connectivity index (χ2n) is 4.69. The second-order valence-corrected chi connectivity index (χ2v) is 6.54. The Morgan fingerprint density at radius 1 is 1.30 bits per heavy atom. The highest BCUT2D eigenvalue weighted by molar-refractivity contribution is 7.89. The standard InChI is InChI=1S/C13H20N2O4S/c1-10-9-14-6-7-15(10)20(16,17)13-5-4-11(18-2)8-12(13)19-3/h4-5,8,10,14H,6-7,9H2,1-3H3. The van der Waals surface area contributed by atoms with E-state index in [-0.39, 0.29) is 10.9 Å². The smallest absolute Gasteiger partial charge is 0.247 e. The van der Waals surface area contributed by atoms with Crippen molar-refractivity contribution in [3.8, 4) is 11.5 Å². The molecule has 1 aliphatic rings. The van der Waals surface area contributed by atoms with Gasteiger partial charge in [-0.15, -0.1) is 0 Å². The minimum atomic E-state index is -3.57. The van der Waals surface area contributed by atoms with Gasteiger partial charge in [0.15, 0.2) is 0 Å². The van der Waals surface area contributed by atoms with Gasteiger partial charge in [-0.3, -0.25) is 0 Å². The average molecular weight is 300 g/mol. The van der Waals surface area contributed by atoms with E-state index in [0.29, 0.717) is 31.1 Å². The lowest BCUT2D eigenvalue weighted by molar-refractivity contribution is 0.282. The number of hydrogen-bond acceptors (Lipinski definition) is 5. The Labute approximate surface area is 119 Å². The van der Waals surface area contributed by atoms with Crippen molar-refractivity contribution in [2.45, 2.75) is 17.9 Å². The van der Waals surface area contributed by atoms with E-state index in [1.54, 1.807) is 12.1 Å². The molecule has 6 nitrogen and oxygen atoms in total. The molecule has 0 amide bonds. The van der Waals surface area contributed by atoms with E-state index in [1.165, 1.54) is 24.6 Å². The fraction of sp³-hybridized carbons (Fsp3) is 0.538. The Morgan fingerprint density at radius 3 is 2.65 bits per heavy atom. The van der Waals surface area contributed by atoms with Gasteiger partial charge in [0, 0.05) is 31.7 Å². The third kappa shape index (κ3) is 2.74. The van der Waals surface area contributed by atoms with Gasteiger partial charge in [0.2, 0.25) is 10.0 Å². The van der Waals surface area contributed by atoms with Gasteiger partial charge >= 0.3 is 0 Å². The van der Waals surface area contributed by atoms with Crippen LogP contribution in [0.4, 0.5) is 0 Å². The first-order chi connectivity index (χ1) is 9.50. The van der Waals surface area contributed by atoms with Crippen molar-refractivity contribution in [1.82, 2.24) is 9.62 Å². The van der Waals surface area contributed by atoms with E-state index < -0.39 is 10.0 Å². The molecule has 0 bridgehead atoms. The maximum absolute atomic E-state index is 12.8. The number of rotatable bonds is 4. The molecule has 1 aromatic rings. The molecule has 0 spiro atoms. The van der Waals surface area contributed by atoms with Gasteiger partial charge in [0.1, 0.15) is 16.4 Å². The highest BCUT2D eigenvalue weighted by atomic mass is 32.2. The largest absolute Gasteiger partial charge is 0.497 e. The molecule has 1 aromatic carbocycles. The number of hydrogen-bond donors (Lipinski definition) is 1. The van der Waals surface area contributed by atoms with Crippen LogP contribution in [-0.4, -0.2) is 52.6 Å². The molecule has 0 saturated carbocycles. The van der Waals surface area contributed by atoms with Crippen LogP contribution < -0.4 is 14.8 Å². The highest BCUT2D eigenvalue weighted by Crippen LogP contribution is 2.31. The summed E-state index contributed by atoms with van der Waals surface area (Å²) in [5, 5.41) is 3.18. The maximum Gasteiger partial charge on any atom is 0.247 e. The molecule has 1 saturated heterocycles. The lowest BCUT2D eigenvalue weighted by Gasteiger charge is -2.33. The van der Waals surface area contributed by atoms with E-state index >= 15 is 0 Å². The van der Waals surface area contributed by atoms with Crippen LogP contribution >= 0.6 is 0 Å². The number of methoxy groups -OCH3 is 2. The quantitative estimate of drug-likeness (QED) is 0.886. The lowest BCUT2D eigenvalue weighted by Crippen LogP contribution is -2.52. The summed E-state index contributed by atoms with van der Waals surface area (Å²) >= 11 is 0. The number of benzene rings is 1. The number of piperazine rings is 1. The van der Waals surface area contributed by atoms with Crippen LogP contribution in [0.2, 0.25) is 0 Å². The Kier molecular flexibility index (Phi) is 4.52. The van der Waals surface area contributed by atoms with Crippen LogP contribution in [0.3, 0.4) is 0 Å². The second kappa shape index (κ2) is 5.99. The van der Waals surface area contributed by atoms with Crippen LogP contribution in [0, 0.1) is 0 Å². The fourth-order valence-corrected chi connectivity index (χ4v) is 4.06. The molecule has 1 fully saturated rings. The fourth-order valence-electron chi connectivity index (χ4n) is 2.29. The molecule has 1 N–H and O–H groups in total. The predicted octanol–water partition coefficient (Wildman–Crippen LogP) is 0.686. The summed E-state index contributed by atoms with van der Waals surface area (Å²) in [6.07, 6.45) is 0. The molecule has 1 heterocycles. The van der Waals surface area contributed by atoms with Crippen molar-refractivity contribution in [3.63, 3.8) is 0 Å². The van der Waals surface area contributed by atoms with Crippen molar-refractivity contribution >= 4 is 10.0 Å². The zero-order valence-electron chi connectivity index (χ0n) is 11.9. The molecular weight excluding hydrogens is 280 g/mol. The van der Waals surface area contributed by atoms with Crippen molar-refractivity contribution in [2.75, 3.05) is 33.9 Å². The first kappa shape index (κ1) is 15.1. The van der Waals surface area contributed by atoms with Crippen LogP contribution in [0.5, 0.6) is 11.5 Å². The zero-order chi connectivity index (χ0) is 14.8. The minimum absolute atomic E-state index is 0.0828. The van der Waals surface area contributed by atoms with Crippen molar-refractivity contribution in [2.24, 2.45) is 0 Å². The zero-order valence-corrected chi connectivity index (χ0v) is 12.7. The molecule has 0 aromatic heterocycles. The predicted molar refractivity (Wildman–Crippen MR) is 75.8 cm³/mol. The molecule has 2 rings (SSSR count). The third-order valence-electron chi connectivity index (χ3n) is 3.40. The molecule has 0 radical (unpaired) electrons. The van der Waals surface area contributed by atoms with Gasteiger partial charge in [0.05, 0.1) is 14.2 Å². The lowest BCUT2D eigenvalue weighted by atomic mass is 10.3. The Hall–Kier alpha value is -1.31. The molecule has 0 aliphatic carbocycles. The summed E-state index contributed by atoms with van der Waals surface area (Å²) in [4.78, 5) is 0.176. The molecule has 1 aliphatic heterocycles. The third-order valence-corrected chi connectivity index (χ3v) is 5.45. The van der Waals surface area contributed by atoms with Crippen LogP contribution in [-0.2, 0) is 10.0 Å². The molecule has 20 heavy (non-hydrogen) atoms. The number of ether oxygens (including phenoxy) is 2. The number of nitrogens with zero attached hydrogens (tertiary/aromatic N) is 1. The van der Waals surface area contributed by atoms with Crippen LogP contribution in [0.1, 0.15) is 6.92 Å². The van der Waals surface area contributed by atoms with Crippen LogP contribution in [0.15, 0.2) is 23.1 Å². The Bertz CT molecular complexity index is 574. The maximum atomic E-state index is 12.8. The van der Waals surface area contributed by atoms with E-state index in [1.807, 2.05) is 6.92 Å². The topological polar surface area (TPSA) is 67.9 Å². The molecule has 7 heteroatoms. The van der Waals surface area contributed by atoms with Gasteiger partial charge in [-0.05, 0) is 19.1 Å². The Balaban J connectivity index is 2.43. The summed E-state index contributed by atoms with van der Waals surface area (Å²) in [7, 11) is -0.584. The molecule has 1 unspecified atom stereocenters. The van der Waals surface area contributed by atoms with Gasteiger partial charge in [-0.1, -0.05) is 0 Å². The Morgan fingerprint density at radius 2 is 2.05 bits per heavy atom. The summed E-state index contributed by atoms with van der Waals surface area (Å²) in [5.41, 5.74) is 0. The first-order valence-corrected chi connectivity index (χ1v) is 7.89. The number of nitrogens with one attached hydrogen (secondary N) is 1. The van der Waals surface area contributed by atoms with Crippen LogP contribution in [0.25, 0.3) is 0 Å². The molecule has 1 atom stereocenters. The SMILES string of the molecule is COc1ccc(S(=O)(=O)N2CCNCC2C)c(OC)c1. The summed E-state index contributed by atoms with van der Waals surface area (Å²) < 4.78 is 37.3. The first-order valence-electron chi connectivity index (χ1n) is 6.45. The van der Waals surface area contributed by atoms with Gasteiger partial charge in [-0.25, -0.2) is 8.42 Å². The molecular formula is C13H20N2O4S. The average Bonchev–Trinajstić information content (AvgIpc) is 2.46. The van der Waals surface area contributed by atoms with Gasteiger partial charge in [-0.2, -0.15) is 4.31 Å². The summed E-state index contributed by atoms with van der Waals surface area (Å²) in [6.45, 7) is 3.65. The molecule has 112 valence electrons. The summed E-state index contributed by atoms with van der Waals surface area (Å²) in [5.74, 6) is 0.865. The minimum Gasteiger partial charge on any atom is -0.497 e. The van der Waals surface area contributed by atoms with Crippen molar-refractivity contribution < 1.29 is 17.9 Å². The highest BCUT2D eigenvalue weighted by Gasteiger charge is 2.33. The van der Waals surface area contributed by atoms with E-state index in [4.69, 9.17) is 9.47 Å². The summed E-state index contributed by atoms with van der Waals surface area (Å²) in [6, 6.07) is 4.66. The monoisotopic (exact) mass is 300 g/mol. The van der Waals surface area contributed by atoms with Crippen molar-refractivity contribution in [1.29, 1.82) is 0 Å². The van der Waals surface area contributed by atoms with Crippen molar-refractivity contribution in [3.05, 3.63) is 18.2 Å². The normalized spacial score (nSPS) is 20.6.